The minimum atomic E-state index is -0.753. The van der Waals surface area contributed by atoms with E-state index in [2.05, 4.69) is 0 Å². The van der Waals surface area contributed by atoms with E-state index in [1.54, 1.807) is 54.6 Å². The van der Waals surface area contributed by atoms with Gasteiger partial charge >= 0.3 is 0 Å². The predicted molar refractivity (Wildman–Crippen MR) is 207 cm³/mol. The lowest BCUT2D eigenvalue weighted by atomic mass is 9.93. The summed E-state index contributed by atoms with van der Waals surface area (Å²) in [6.45, 7) is 0. The Bertz CT molecular complexity index is 2790. The van der Waals surface area contributed by atoms with E-state index in [0.717, 1.165) is 11.1 Å². The molecule has 0 aliphatic heterocycles. The molecule has 6 aromatic rings. The number of hydrogen-bond donors (Lipinski definition) is 2. The second kappa shape index (κ2) is 15.6. The highest BCUT2D eigenvalue weighted by Crippen LogP contribution is 2.46. The van der Waals surface area contributed by atoms with Crippen LogP contribution in [-0.2, 0) is 0 Å². The molecule has 6 aromatic carbocycles. The molecule has 2 N–H and O–H groups in total. The van der Waals surface area contributed by atoms with E-state index in [1.807, 2.05) is 0 Å². The van der Waals surface area contributed by atoms with Crippen LogP contribution in [0.15, 0.2) is 145 Å². The highest BCUT2D eigenvalue weighted by molar-refractivity contribution is 6.31. The van der Waals surface area contributed by atoms with Crippen LogP contribution in [0, 0.1) is 0 Å². The van der Waals surface area contributed by atoms with Gasteiger partial charge in [0.15, 0.2) is 5.78 Å². The Morgan fingerprint density at radius 3 is 1.29 bits per heavy atom. The fourth-order valence-corrected chi connectivity index (χ4v) is 7.38. The number of aliphatic hydroxyl groups excluding tert-OH is 2. The summed E-state index contributed by atoms with van der Waals surface area (Å²) in [4.78, 5) is 12.1. The third kappa shape index (κ3) is 7.70. The molecule has 0 radical (unpaired) electrons. The molecule has 0 bridgehead atoms. The number of ketones is 1. The van der Waals surface area contributed by atoms with Crippen molar-refractivity contribution in [1.82, 2.24) is 0 Å². The zero-order chi connectivity index (χ0) is 48.5. The van der Waals surface area contributed by atoms with E-state index < -0.39 is 48.1 Å². The standard InChI is InChI=1S/2C15H13ClO.C15H11ClO/c3*16-11-6-7-12-13(9-15(17)14(12)8-11)10-4-2-1-3-5-10/h2*1-8,13,15,17H,9H2;1-8,13H,9H2/t2*13-,15-;/m00./s1/i3*1D,2D,3D,4D,5D. The molecule has 0 spiro atoms. The van der Waals surface area contributed by atoms with Crippen LogP contribution in [0.25, 0.3) is 0 Å². The zero-order valence-corrected chi connectivity index (χ0v) is 28.9. The Balaban J connectivity index is 0.000000147. The fraction of sp³-hybridized carbons (Fsp3) is 0.178. The summed E-state index contributed by atoms with van der Waals surface area (Å²) >= 11 is 17.8. The lowest BCUT2D eigenvalue weighted by Crippen LogP contribution is -1.95. The summed E-state index contributed by atoms with van der Waals surface area (Å²) in [6, 6.07) is 10.3. The Hall–Kier alpha value is -4.22. The molecule has 0 aromatic heterocycles. The average molecular weight is 747 g/mol. The van der Waals surface area contributed by atoms with Gasteiger partial charge in [-0.2, -0.15) is 0 Å². The lowest BCUT2D eigenvalue weighted by Gasteiger charge is -2.11. The normalized spacial score (nSPS) is 25.2. The van der Waals surface area contributed by atoms with E-state index >= 15 is 0 Å². The van der Waals surface area contributed by atoms with Crippen molar-refractivity contribution in [2.75, 3.05) is 0 Å². The van der Waals surface area contributed by atoms with Crippen LogP contribution in [0.3, 0.4) is 0 Å². The van der Waals surface area contributed by atoms with Crippen molar-refractivity contribution < 1.29 is 35.6 Å². The molecule has 0 fully saturated rings. The number of carbonyl (C=O) groups is 1. The van der Waals surface area contributed by atoms with Crippen molar-refractivity contribution in [2.24, 2.45) is 0 Å². The number of aliphatic hydroxyl groups is 2. The molecule has 0 heterocycles. The predicted octanol–water partition coefficient (Wildman–Crippen LogP) is 11.9. The number of benzene rings is 6. The molecule has 5 atom stereocenters. The van der Waals surface area contributed by atoms with Crippen LogP contribution >= 0.6 is 34.8 Å². The van der Waals surface area contributed by atoms with Gasteiger partial charge in [0.25, 0.3) is 0 Å². The molecular weight excluding hydrogens is 695 g/mol. The molecule has 0 saturated heterocycles. The van der Waals surface area contributed by atoms with Gasteiger partial charge in [0.05, 0.1) is 32.8 Å². The van der Waals surface area contributed by atoms with E-state index in [-0.39, 0.29) is 114 Å². The third-order valence-electron chi connectivity index (χ3n) is 9.17. The fourth-order valence-electron chi connectivity index (χ4n) is 6.84. The largest absolute Gasteiger partial charge is 0.388 e. The molecule has 3 aliphatic rings. The van der Waals surface area contributed by atoms with Gasteiger partial charge in [-0.05, 0) is 93.7 Å². The SMILES string of the molecule is [2H]c1c([2H])c([2H])c(C2CC(=O)c3cc(Cl)ccc32)c([2H])c1[2H].[2H]c1c([2H])c([2H])c([C@@H]2C[C@H](O)c3cc(Cl)ccc32)c([2H])c1[2H].[2H]c1c([2H])c([2H])c([C@@H]2C[C@H](O)c3cc(Cl)ccc32)c([2H])c1[2H]. The summed E-state index contributed by atoms with van der Waals surface area (Å²) in [7, 11) is 0. The number of Topliss-reactive ketones (excluding diaryl/α,β-unsaturated/α-hetero) is 1. The highest BCUT2D eigenvalue weighted by atomic mass is 35.5. The first kappa shape index (κ1) is 21.3. The van der Waals surface area contributed by atoms with Crippen LogP contribution in [-0.4, -0.2) is 16.0 Å². The minimum absolute atomic E-state index is 0.0870. The van der Waals surface area contributed by atoms with Crippen molar-refractivity contribution in [2.45, 2.75) is 49.2 Å². The van der Waals surface area contributed by atoms with Crippen LogP contribution in [0.1, 0.15) is 125 Å². The van der Waals surface area contributed by atoms with Crippen LogP contribution in [0.4, 0.5) is 0 Å². The van der Waals surface area contributed by atoms with Gasteiger partial charge in [-0.3, -0.25) is 4.79 Å². The Labute approximate surface area is 335 Å². The summed E-state index contributed by atoms with van der Waals surface area (Å²) in [5.41, 5.74) is 4.58. The Morgan fingerprint density at radius 2 is 0.863 bits per heavy atom. The topological polar surface area (TPSA) is 57.5 Å². The summed E-state index contributed by atoms with van der Waals surface area (Å²) < 4.78 is 118. The molecule has 3 nitrogen and oxygen atoms in total. The number of hydrogen-bond acceptors (Lipinski definition) is 3. The first-order chi connectivity index (χ1) is 31.0. The molecule has 256 valence electrons. The third-order valence-corrected chi connectivity index (χ3v) is 9.87. The molecule has 0 saturated carbocycles. The Morgan fingerprint density at radius 1 is 0.490 bits per heavy atom. The number of halogens is 3. The monoisotopic (exact) mass is 745 g/mol. The zero-order valence-electron chi connectivity index (χ0n) is 41.6. The first-order valence-electron chi connectivity index (χ1n) is 23.5. The number of carbonyl (C=O) groups excluding carboxylic acids is 1. The molecule has 51 heavy (non-hydrogen) atoms. The molecule has 0 amide bonds. The van der Waals surface area contributed by atoms with E-state index in [9.17, 15) is 15.0 Å². The first-order valence-corrected chi connectivity index (χ1v) is 17.1. The van der Waals surface area contributed by atoms with Crippen molar-refractivity contribution in [1.29, 1.82) is 0 Å². The summed E-state index contributed by atoms with van der Waals surface area (Å²) in [5, 5.41) is 21.8. The van der Waals surface area contributed by atoms with E-state index in [4.69, 9.17) is 55.4 Å². The van der Waals surface area contributed by atoms with Gasteiger partial charge in [-0.15, -0.1) is 0 Å². The van der Waals surface area contributed by atoms with Crippen LogP contribution in [0.5, 0.6) is 0 Å². The molecule has 3 aliphatic carbocycles. The number of rotatable bonds is 3. The van der Waals surface area contributed by atoms with Crippen molar-refractivity contribution in [3.63, 3.8) is 0 Å². The van der Waals surface area contributed by atoms with Crippen molar-refractivity contribution in [3.05, 3.63) is 210 Å². The van der Waals surface area contributed by atoms with Gasteiger partial charge < -0.3 is 10.2 Å². The van der Waals surface area contributed by atoms with E-state index in [1.165, 1.54) is 0 Å². The second-order valence-electron chi connectivity index (χ2n) is 12.2. The molecule has 9 rings (SSSR count). The van der Waals surface area contributed by atoms with Crippen molar-refractivity contribution >= 4 is 40.6 Å². The van der Waals surface area contributed by atoms with Crippen molar-refractivity contribution in [3.8, 4) is 0 Å². The van der Waals surface area contributed by atoms with Gasteiger partial charge in [-0.25, -0.2) is 0 Å². The van der Waals surface area contributed by atoms with Gasteiger partial charge in [0.2, 0.25) is 0 Å². The Kier molecular flexibility index (Phi) is 6.52. The van der Waals surface area contributed by atoms with Gasteiger partial charge in [0.1, 0.15) is 0 Å². The van der Waals surface area contributed by atoms with Gasteiger partial charge in [0, 0.05) is 44.8 Å². The maximum Gasteiger partial charge on any atom is 0.164 e. The quantitative estimate of drug-likeness (QED) is 0.190. The second-order valence-corrected chi connectivity index (χ2v) is 13.5. The van der Waals surface area contributed by atoms with Gasteiger partial charge in [-0.1, -0.05) is 144 Å². The van der Waals surface area contributed by atoms with Crippen LogP contribution in [0.2, 0.25) is 15.1 Å². The smallest absolute Gasteiger partial charge is 0.164 e. The summed E-state index contributed by atoms with van der Waals surface area (Å²) in [5.74, 6) is -1.53. The lowest BCUT2D eigenvalue weighted by molar-refractivity contribution is 0.0991. The molecule has 1 unspecified atom stereocenters. The van der Waals surface area contributed by atoms with E-state index in [0.29, 0.717) is 37.3 Å². The maximum absolute atomic E-state index is 12.1. The minimum Gasteiger partial charge on any atom is -0.388 e. The maximum atomic E-state index is 12.1. The highest BCUT2D eigenvalue weighted by Gasteiger charge is 2.32. The molecular formula is C45H37Cl3O3. The average Bonchev–Trinajstić information content (AvgIpc) is 3.90. The summed E-state index contributed by atoms with van der Waals surface area (Å²) in [6.07, 6.45) is -0.857. The number of fused-ring (bicyclic) bond motifs is 3. The molecule has 6 heteroatoms. The van der Waals surface area contributed by atoms with Crippen LogP contribution < -0.4 is 0 Å².